The summed E-state index contributed by atoms with van der Waals surface area (Å²) in [6.07, 6.45) is 2.16. The van der Waals surface area contributed by atoms with Crippen LogP contribution in [0.25, 0.3) is 5.69 Å². The highest BCUT2D eigenvalue weighted by Gasteiger charge is 2.08. The highest BCUT2D eigenvalue weighted by Crippen LogP contribution is 2.23. The van der Waals surface area contributed by atoms with Crippen LogP contribution in [0.3, 0.4) is 0 Å². The maximum Gasteiger partial charge on any atom is 0.217 e. The first-order valence-electron chi connectivity index (χ1n) is 4.53. The van der Waals surface area contributed by atoms with Crippen LogP contribution in [-0.2, 0) is 6.42 Å². The number of aromatic hydroxyl groups is 1. The van der Waals surface area contributed by atoms with Gasteiger partial charge in [0.2, 0.25) is 5.88 Å². The Morgan fingerprint density at radius 1 is 1.47 bits per heavy atom. The van der Waals surface area contributed by atoms with Gasteiger partial charge in [0.25, 0.3) is 0 Å². The Labute approximate surface area is 96.5 Å². The van der Waals surface area contributed by atoms with E-state index in [0.717, 1.165) is 15.7 Å². The van der Waals surface area contributed by atoms with E-state index < -0.39 is 0 Å². The summed E-state index contributed by atoms with van der Waals surface area (Å²) in [7, 11) is 0. The van der Waals surface area contributed by atoms with Crippen molar-refractivity contribution < 1.29 is 5.11 Å². The zero-order valence-corrected chi connectivity index (χ0v) is 9.61. The smallest absolute Gasteiger partial charge is 0.217 e. The highest BCUT2D eigenvalue weighted by atomic mass is 79.9. The molecule has 15 heavy (non-hydrogen) atoms. The van der Waals surface area contributed by atoms with Crippen molar-refractivity contribution in [2.45, 2.75) is 6.42 Å². The van der Waals surface area contributed by atoms with Crippen molar-refractivity contribution >= 4 is 15.9 Å². The number of hydrogen-bond acceptors (Lipinski definition) is 2. The minimum atomic E-state index is 0.156. The topological polar surface area (TPSA) is 38.0 Å². The molecule has 0 aliphatic carbocycles. The molecular weight excluding hydrogens is 256 g/mol. The van der Waals surface area contributed by atoms with E-state index in [-0.39, 0.29) is 5.88 Å². The first-order chi connectivity index (χ1) is 7.22. The molecule has 0 amide bonds. The summed E-state index contributed by atoms with van der Waals surface area (Å²) in [5, 5.41) is 13.9. The molecule has 77 valence electrons. The molecule has 0 fully saturated rings. The van der Waals surface area contributed by atoms with Gasteiger partial charge < -0.3 is 5.11 Å². The molecule has 0 saturated heterocycles. The lowest BCUT2D eigenvalue weighted by Gasteiger charge is -2.03. The molecule has 0 aliphatic rings. The van der Waals surface area contributed by atoms with Gasteiger partial charge in [0.15, 0.2) is 0 Å². The van der Waals surface area contributed by atoms with Gasteiger partial charge in [0, 0.05) is 10.0 Å². The Kier molecular flexibility index (Phi) is 2.77. The maximum atomic E-state index is 9.82. The van der Waals surface area contributed by atoms with Crippen molar-refractivity contribution in [3.63, 3.8) is 0 Å². The Hall–Kier alpha value is -1.29. The van der Waals surface area contributed by atoms with Gasteiger partial charge in [-0.1, -0.05) is 22.0 Å². The standard InChI is InChI=1S/C11H10BrN2O/c1-2-8-7-13-14(11(8)15)10-5-3-4-9(12)6-10/h3-7,15H,1-2H2. The number of rotatable bonds is 2. The van der Waals surface area contributed by atoms with Crippen molar-refractivity contribution in [3.05, 3.63) is 47.4 Å². The Bertz CT molecular complexity index is 479. The van der Waals surface area contributed by atoms with Crippen LogP contribution in [0.5, 0.6) is 5.88 Å². The lowest BCUT2D eigenvalue weighted by molar-refractivity contribution is 0.429. The van der Waals surface area contributed by atoms with Crippen molar-refractivity contribution in [1.82, 2.24) is 9.78 Å². The molecule has 0 atom stereocenters. The van der Waals surface area contributed by atoms with Crippen molar-refractivity contribution in [3.8, 4) is 11.6 Å². The molecule has 3 nitrogen and oxygen atoms in total. The molecule has 0 unspecified atom stereocenters. The molecular formula is C11H10BrN2O. The van der Waals surface area contributed by atoms with Gasteiger partial charge in [-0.25, -0.2) is 4.68 Å². The second-order valence-corrected chi connectivity index (χ2v) is 4.05. The van der Waals surface area contributed by atoms with E-state index >= 15 is 0 Å². The second kappa shape index (κ2) is 4.06. The van der Waals surface area contributed by atoms with Crippen LogP contribution in [-0.4, -0.2) is 14.9 Å². The maximum absolute atomic E-state index is 9.82. The van der Waals surface area contributed by atoms with Gasteiger partial charge in [-0.2, -0.15) is 5.10 Å². The second-order valence-electron chi connectivity index (χ2n) is 3.14. The fourth-order valence-electron chi connectivity index (χ4n) is 1.35. The largest absolute Gasteiger partial charge is 0.493 e. The summed E-state index contributed by atoms with van der Waals surface area (Å²) in [5.74, 6) is 0.156. The van der Waals surface area contributed by atoms with Gasteiger partial charge >= 0.3 is 0 Å². The van der Waals surface area contributed by atoms with E-state index in [2.05, 4.69) is 28.0 Å². The summed E-state index contributed by atoms with van der Waals surface area (Å²) in [4.78, 5) is 0. The number of aromatic nitrogens is 2. The third-order valence-electron chi connectivity index (χ3n) is 2.14. The number of hydrogen-bond donors (Lipinski definition) is 1. The fraction of sp³-hybridized carbons (Fsp3) is 0.0909. The van der Waals surface area contributed by atoms with Gasteiger partial charge in [-0.3, -0.25) is 0 Å². The monoisotopic (exact) mass is 265 g/mol. The Morgan fingerprint density at radius 3 is 2.87 bits per heavy atom. The summed E-state index contributed by atoms with van der Waals surface area (Å²) >= 11 is 3.37. The summed E-state index contributed by atoms with van der Waals surface area (Å²) in [5.41, 5.74) is 1.57. The van der Waals surface area contributed by atoms with Crippen molar-refractivity contribution in [2.24, 2.45) is 0 Å². The van der Waals surface area contributed by atoms with Gasteiger partial charge in [-0.15, -0.1) is 0 Å². The normalized spacial score (nSPS) is 10.5. The van der Waals surface area contributed by atoms with E-state index in [9.17, 15) is 5.11 Å². The van der Waals surface area contributed by atoms with E-state index in [1.165, 1.54) is 4.68 Å². The van der Waals surface area contributed by atoms with Gasteiger partial charge in [0.1, 0.15) is 0 Å². The number of halogens is 1. The predicted molar refractivity (Wildman–Crippen MR) is 62.0 cm³/mol. The molecule has 0 spiro atoms. The van der Waals surface area contributed by atoms with E-state index in [0.29, 0.717) is 6.42 Å². The van der Waals surface area contributed by atoms with Crippen LogP contribution < -0.4 is 0 Å². The summed E-state index contributed by atoms with van der Waals surface area (Å²) in [6.45, 7) is 3.72. The first kappa shape index (κ1) is 10.2. The van der Waals surface area contributed by atoms with Crippen LogP contribution in [0.4, 0.5) is 0 Å². The Balaban J connectivity index is 2.49. The molecule has 1 aromatic carbocycles. The quantitative estimate of drug-likeness (QED) is 0.907. The zero-order valence-electron chi connectivity index (χ0n) is 8.02. The van der Waals surface area contributed by atoms with Gasteiger partial charge in [0.05, 0.1) is 11.9 Å². The zero-order chi connectivity index (χ0) is 10.8. The highest BCUT2D eigenvalue weighted by molar-refractivity contribution is 9.10. The lowest BCUT2D eigenvalue weighted by atomic mass is 10.3. The molecule has 1 heterocycles. The van der Waals surface area contributed by atoms with Crippen LogP contribution in [0, 0.1) is 6.92 Å². The third-order valence-corrected chi connectivity index (χ3v) is 2.63. The van der Waals surface area contributed by atoms with Crippen LogP contribution in [0.2, 0.25) is 0 Å². The molecule has 1 radical (unpaired) electrons. The third kappa shape index (κ3) is 1.90. The first-order valence-corrected chi connectivity index (χ1v) is 5.32. The molecule has 0 saturated carbocycles. The molecule has 2 aromatic rings. The molecule has 1 aromatic heterocycles. The lowest BCUT2D eigenvalue weighted by Crippen LogP contribution is -1.95. The molecule has 0 bridgehead atoms. The van der Waals surface area contributed by atoms with E-state index in [4.69, 9.17) is 0 Å². The van der Waals surface area contributed by atoms with Crippen LogP contribution >= 0.6 is 15.9 Å². The van der Waals surface area contributed by atoms with E-state index in [1.54, 1.807) is 6.20 Å². The average Bonchev–Trinajstić information content (AvgIpc) is 2.59. The van der Waals surface area contributed by atoms with Crippen molar-refractivity contribution in [2.75, 3.05) is 0 Å². The molecule has 0 aliphatic heterocycles. The minimum Gasteiger partial charge on any atom is -0.493 e. The van der Waals surface area contributed by atoms with Gasteiger partial charge in [-0.05, 0) is 31.5 Å². The Morgan fingerprint density at radius 2 is 2.27 bits per heavy atom. The molecule has 2 rings (SSSR count). The average molecular weight is 266 g/mol. The molecule has 1 N–H and O–H groups in total. The van der Waals surface area contributed by atoms with Crippen LogP contribution in [0.1, 0.15) is 5.56 Å². The van der Waals surface area contributed by atoms with E-state index in [1.807, 2.05) is 24.3 Å². The van der Waals surface area contributed by atoms with Crippen molar-refractivity contribution in [1.29, 1.82) is 0 Å². The predicted octanol–water partition coefficient (Wildman–Crippen LogP) is 2.72. The van der Waals surface area contributed by atoms with Crippen LogP contribution in [0.15, 0.2) is 34.9 Å². The number of nitrogens with zero attached hydrogens (tertiary/aromatic N) is 2. The summed E-state index contributed by atoms with van der Waals surface area (Å²) in [6, 6.07) is 7.58. The number of benzene rings is 1. The minimum absolute atomic E-state index is 0.156. The summed E-state index contributed by atoms with van der Waals surface area (Å²) < 4.78 is 2.44. The SMILES string of the molecule is [CH2]Cc1cnn(-c2cccc(Br)c2)c1O. The molecule has 4 heteroatoms. The fourth-order valence-corrected chi connectivity index (χ4v) is 1.74.